The van der Waals surface area contributed by atoms with Crippen LogP contribution in [-0.4, -0.2) is 18.3 Å². The van der Waals surface area contributed by atoms with Gasteiger partial charge in [0.05, 0.1) is 12.0 Å². The van der Waals surface area contributed by atoms with Gasteiger partial charge in [-0.1, -0.05) is 146 Å². The van der Waals surface area contributed by atoms with Crippen LogP contribution in [0.5, 0.6) is 5.75 Å². The number of ether oxygens (including phenoxy) is 1. The maximum Gasteiger partial charge on any atom is 0.119 e. The molecule has 4 aromatic rings. The second kappa shape index (κ2) is 16.2. The van der Waals surface area contributed by atoms with Crippen LogP contribution >= 0.6 is 0 Å². The first-order valence-corrected chi connectivity index (χ1v) is 15.7. The van der Waals surface area contributed by atoms with Crippen LogP contribution in [0, 0.1) is 0 Å². The number of aliphatic hydroxyl groups excluding tert-OH is 1. The van der Waals surface area contributed by atoms with Crippen molar-refractivity contribution in [3.05, 3.63) is 125 Å². The monoisotopic (exact) mass is 550 g/mol. The zero-order valence-corrected chi connectivity index (χ0v) is 26.1. The van der Waals surface area contributed by atoms with E-state index in [-0.39, 0.29) is 12.0 Å². The number of fused-ring (bicyclic) bond motifs is 3. The molecule has 218 valence electrons. The van der Waals surface area contributed by atoms with Gasteiger partial charge < -0.3 is 9.84 Å². The first kappa shape index (κ1) is 32.2. The average molecular weight is 551 g/mol. The fourth-order valence-electron chi connectivity index (χ4n) is 5.38. The van der Waals surface area contributed by atoms with E-state index in [1.165, 1.54) is 58.2 Å². The topological polar surface area (TPSA) is 29.5 Å². The summed E-state index contributed by atoms with van der Waals surface area (Å²) >= 11 is 0. The van der Waals surface area contributed by atoms with Gasteiger partial charge in [-0.2, -0.15) is 0 Å². The van der Waals surface area contributed by atoms with Crippen molar-refractivity contribution in [2.75, 3.05) is 13.2 Å². The smallest absolute Gasteiger partial charge is 0.119 e. The van der Waals surface area contributed by atoms with E-state index in [1.807, 2.05) is 0 Å². The second-order valence-corrected chi connectivity index (χ2v) is 10.9. The van der Waals surface area contributed by atoms with Crippen molar-refractivity contribution >= 4 is 0 Å². The molecule has 0 amide bonds. The lowest BCUT2D eigenvalue weighted by Crippen LogP contribution is -2.28. The second-order valence-electron chi connectivity index (χ2n) is 10.9. The van der Waals surface area contributed by atoms with Gasteiger partial charge in [-0.3, -0.25) is 0 Å². The van der Waals surface area contributed by atoms with E-state index in [2.05, 4.69) is 139 Å². The Balaban J connectivity index is 0.000000598. The highest BCUT2D eigenvalue weighted by atomic mass is 16.5. The van der Waals surface area contributed by atoms with Gasteiger partial charge in [0.1, 0.15) is 5.75 Å². The van der Waals surface area contributed by atoms with E-state index in [0.29, 0.717) is 18.9 Å². The van der Waals surface area contributed by atoms with Crippen molar-refractivity contribution in [3.63, 3.8) is 0 Å². The van der Waals surface area contributed by atoms with E-state index >= 15 is 0 Å². The van der Waals surface area contributed by atoms with Gasteiger partial charge in [0.15, 0.2) is 0 Å². The molecule has 0 heterocycles. The summed E-state index contributed by atoms with van der Waals surface area (Å²) in [5.74, 6) is 1.38. The number of aliphatic hydroxyl groups is 1. The summed E-state index contributed by atoms with van der Waals surface area (Å²) in [7, 11) is 0. The summed E-state index contributed by atoms with van der Waals surface area (Å²) in [6, 6.07) is 35.4. The molecule has 5 rings (SSSR count). The normalized spacial score (nSPS) is 13.0. The van der Waals surface area contributed by atoms with Crippen LogP contribution in [0.3, 0.4) is 0 Å². The SMILES string of the molecule is CCC.CCC(C)c1ccc(C2(c3ccc(OCCCO)cc3)c3ccccc3-c3ccccc32)cc1.CCCC. The molecular weight excluding hydrogens is 500 g/mol. The quantitative estimate of drug-likeness (QED) is 0.185. The first-order chi connectivity index (χ1) is 20.0. The van der Waals surface area contributed by atoms with Crippen LogP contribution < -0.4 is 4.74 Å². The van der Waals surface area contributed by atoms with Gasteiger partial charge in [0, 0.05) is 13.0 Å². The van der Waals surface area contributed by atoms with Crippen molar-refractivity contribution < 1.29 is 9.84 Å². The highest BCUT2D eigenvalue weighted by Crippen LogP contribution is 2.56. The van der Waals surface area contributed by atoms with Crippen molar-refractivity contribution in [2.45, 2.75) is 85.0 Å². The van der Waals surface area contributed by atoms with E-state index in [0.717, 1.165) is 12.2 Å². The molecule has 1 aliphatic rings. The minimum Gasteiger partial charge on any atom is -0.494 e. The largest absolute Gasteiger partial charge is 0.494 e. The Kier molecular flexibility index (Phi) is 12.7. The maximum atomic E-state index is 9.07. The zero-order valence-electron chi connectivity index (χ0n) is 26.1. The highest BCUT2D eigenvalue weighted by Gasteiger charge is 2.45. The Morgan fingerprint density at radius 2 is 1.12 bits per heavy atom. The molecule has 2 nitrogen and oxygen atoms in total. The van der Waals surface area contributed by atoms with Crippen LogP contribution in [0.1, 0.15) is 107 Å². The third-order valence-corrected chi connectivity index (χ3v) is 7.84. The van der Waals surface area contributed by atoms with E-state index in [4.69, 9.17) is 9.84 Å². The van der Waals surface area contributed by atoms with E-state index in [9.17, 15) is 0 Å². The molecule has 0 fully saturated rings. The molecule has 0 saturated carbocycles. The summed E-state index contributed by atoms with van der Waals surface area (Å²) in [6.07, 6.45) is 5.66. The van der Waals surface area contributed by atoms with Crippen molar-refractivity contribution in [3.8, 4) is 16.9 Å². The van der Waals surface area contributed by atoms with Crippen LogP contribution in [-0.2, 0) is 5.41 Å². The molecule has 1 unspecified atom stereocenters. The molecule has 0 radical (unpaired) electrons. The molecule has 2 heteroatoms. The van der Waals surface area contributed by atoms with Crippen molar-refractivity contribution in [1.82, 2.24) is 0 Å². The molecule has 1 atom stereocenters. The van der Waals surface area contributed by atoms with Crippen molar-refractivity contribution in [2.24, 2.45) is 0 Å². The number of unbranched alkanes of at least 4 members (excludes halogenated alkanes) is 1. The molecule has 0 aromatic heterocycles. The Hall–Kier alpha value is -3.36. The Morgan fingerprint density at radius 1 is 0.659 bits per heavy atom. The fraction of sp³-hybridized carbons (Fsp3) is 0.385. The zero-order chi connectivity index (χ0) is 29.7. The molecule has 0 bridgehead atoms. The minimum atomic E-state index is -0.384. The van der Waals surface area contributed by atoms with Gasteiger partial charge in [-0.05, 0) is 63.4 Å². The summed E-state index contributed by atoms with van der Waals surface area (Å²) in [6.45, 7) is 13.8. The molecule has 0 spiro atoms. The highest BCUT2D eigenvalue weighted by molar-refractivity contribution is 5.86. The number of hydrogen-bond acceptors (Lipinski definition) is 2. The lowest BCUT2D eigenvalue weighted by molar-refractivity contribution is 0.233. The predicted molar refractivity (Wildman–Crippen MR) is 176 cm³/mol. The number of rotatable bonds is 9. The first-order valence-electron chi connectivity index (χ1n) is 15.7. The lowest BCUT2D eigenvalue weighted by atomic mass is 9.67. The molecule has 4 aromatic carbocycles. The maximum absolute atomic E-state index is 9.07. The third-order valence-electron chi connectivity index (χ3n) is 7.84. The van der Waals surface area contributed by atoms with Gasteiger partial charge in [-0.25, -0.2) is 0 Å². The standard InChI is InChI=1S/C32H32O2.C4H10.C3H8/c1-3-23(2)24-13-15-25(16-14-24)32(26-17-19-27(20-18-26)34-22-8-21-33)30-11-6-4-9-28(30)29-10-5-7-12-31(29)32;1-3-4-2;1-3-2/h4-7,9-20,23,33H,3,8,21-22H2,1-2H3;3-4H2,1-2H3;3H2,1-2H3. The van der Waals surface area contributed by atoms with Crippen LogP contribution in [0.2, 0.25) is 0 Å². The average Bonchev–Trinajstić information content (AvgIpc) is 3.33. The van der Waals surface area contributed by atoms with Gasteiger partial charge in [0.25, 0.3) is 0 Å². The van der Waals surface area contributed by atoms with Crippen LogP contribution in [0.4, 0.5) is 0 Å². The van der Waals surface area contributed by atoms with Gasteiger partial charge >= 0.3 is 0 Å². The molecular formula is C39H50O2. The third kappa shape index (κ3) is 7.11. The summed E-state index contributed by atoms with van der Waals surface area (Å²) < 4.78 is 5.84. The Bertz CT molecular complexity index is 1260. The molecule has 0 aliphatic heterocycles. The summed E-state index contributed by atoms with van der Waals surface area (Å²) in [4.78, 5) is 0. The van der Waals surface area contributed by atoms with E-state index in [1.54, 1.807) is 0 Å². The fourth-order valence-corrected chi connectivity index (χ4v) is 5.38. The Labute approximate surface area is 249 Å². The summed E-state index contributed by atoms with van der Waals surface area (Å²) in [5.41, 5.74) is 8.75. The molecule has 0 saturated heterocycles. The molecule has 1 aliphatic carbocycles. The lowest BCUT2D eigenvalue weighted by Gasteiger charge is -2.34. The van der Waals surface area contributed by atoms with Gasteiger partial charge in [-0.15, -0.1) is 0 Å². The van der Waals surface area contributed by atoms with E-state index < -0.39 is 0 Å². The predicted octanol–water partition coefficient (Wildman–Crippen LogP) is 10.5. The van der Waals surface area contributed by atoms with Crippen molar-refractivity contribution in [1.29, 1.82) is 0 Å². The Morgan fingerprint density at radius 3 is 1.56 bits per heavy atom. The van der Waals surface area contributed by atoms with Gasteiger partial charge in [0.2, 0.25) is 0 Å². The van der Waals surface area contributed by atoms with Crippen LogP contribution in [0.25, 0.3) is 11.1 Å². The number of benzene rings is 4. The van der Waals surface area contributed by atoms with Crippen LogP contribution in [0.15, 0.2) is 97.1 Å². The number of hydrogen-bond donors (Lipinski definition) is 1. The molecule has 1 N–H and O–H groups in total. The minimum absolute atomic E-state index is 0.140. The molecule has 41 heavy (non-hydrogen) atoms. The summed E-state index contributed by atoms with van der Waals surface area (Å²) in [5, 5.41) is 9.07.